The summed E-state index contributed by atoms with van der Waals surface area (Å²) in [6.45, 7) is 2.14. The fraction of sp³-hybridized carbons (Fsp3) is 0.364. The Morgan fingerprint density at radius 3 is 2.41 bits per heavy atom. The van der Waals surface area contributed by atoms with Crippen molar-refractivity contribution in [2.45, 2.75) is 19.8 Å². The molecule has 0 fully saturated rings. The van der Waals surface area contributed by atoms with Crippen molar-refractivity contribution >= 4 is 5.91 Å². The number of rotatable bonds is 4. The molecule has 1 amide bonds. The van der Waals surface area contributed by atoms with Gasteiger partial charge in [-0.25, -0.2) is 17.6 Å². The number of hydrogen-bond acceptors (Lipinski definition) is 1. The summed E-state index contributed by atoms with van der Waals surface area (Å²) in [7, 11) is 0. The van der Waals surface area contributed by atoms with Crippen molar-refractivity contribution in [2.75, 3.05) is 6.54 Å². The molecule has 0 spiro atoms. The van der Waals surface area contributed by atoms with Gasteiger partial charge in [-0.3, -0.25) is 4.79 Å². The molecule has 0 atom stereocenters. The van der Waals surface area contributed by atoms with Crippen molar-refractivity contribution in [3.05, 3.63) is 34.9 Å². The normalized spacial score (nSPS) is 10.4. The van der Waals surface area contributed by atoms with E-state index in [2.05, 4.69) is 5.32 Å². The molecule has 0 saturated carbocycles. The summed E-state index contributed by atoms with van der Waals surface area (Å²) in [5.74, 6) is -8.14. The van der Waals surface area contributed by atoms with Crippen molar-refractivity contribution in [2.24, 2.45) is 0 Å². The number of unbranched alkanes of at least 4 members (excludes halogenated alkanes) is 1. The van der Waals surface area contributed by atoms with Crippen LogP contribution >= 0.6 is 0 Å². The van der Waals surface area contributed by atoms with Crippen LogP contribution in [-0.2, 0) is 0 Å². The zero-order chi connectivity index (χ0) is 13.0. The number of benzene rings is 1. The van der Waals surface area contributed by atoms with Crippen molar-refractivity contribution in [1.82, 2.24) is 5.32 Å². The first-order valence-electron chi connectivity index (χ1n) is 5.10. The zero-order valence-electron chi connectivity index (χ0n) is 9.12. The van der Waals surface area contributed by atoms with Gasteiger partial charge in [-0.1, -0.05) is 13.3 Å². The lowest BCUT2D eigenvalue weighted by molar-refractivity contribution is 0.0947. The lowest BCUT2D eigenvalue weighted by atomic mass is 10.1. The Kier molecular flexibility index (Phi) is 4.48. The second-order valence-electron chi connectivity index (χ2n) is 3.46. The van der Waals surface area contributed by atoms with Gasteiger partial charge >= 0.3 is 0 Å². The SMILES string of the molecule is CCCCNC(=O)c1cc(F)c(F)c(F)c1F. The number of amides is 1. The van der Waals surface area contributed by atoms with E-state index in [1.807, 2.05) is 6.92 Å². The van der Waals surface area contributed by atoms with E-state index in [1.165, 1.54) is 0 Å². The molecule has 0 aromatic heterocycles. The van der Waals surface area contributed by atoms with Crippen LogP contribution in [0.25, 0.3) is 0 Å². The quantitative estimate of drug-likeness (QED) is 0.378. The van der Waals surface area contributed by atoms with E-state index in [-0.39, 0.29) is 6.54 Å². The molecule has 1 rings (SSSR count). The Labute approximate surface area is 95.6 Å². The maximum absolute atomic E-state index is 13.2. The third-order valence-electron chi connectivity index (χ3n) is 2.16. The molecule has 0 bridgehead atoms. The molecule has 0 aliphatic heterocycles. The van der Waals surface area contributed by atoms with E-state index >= 15 is 0 Å². The highest BCUT2D eigenvalue weighted by Gasteiger charge is 2.22. The van der Waals surface area contributed by atoms with E-state index in [4.69, 9.17) is 0 Å². The summed E-state index contributed by atoms with van der Waals surface area (Å²) in [4.78, 5) is 11.3. The average molecular weight is 249 g/mol. The molecule has 0 saturated heterocycles. The third kappa shape index (κ3) is 2.95. The smallest absolute Gasteiger partial charge is 0.254 e. The van der Waals surface area contributed by atoms with Crippen LogP contribution in [0.2, 0.25) is 0 Å². The van der Waals surface area contributed by atoms with Crippen LogP contribution in [0.5, 0.6) is 0 Å². The van der Waals surface area contributed by atoms with Gasteiger partial charge in [0.25, 0.3) is 5.91 Å². The minimum atomic E-state index is -1.98. The highest BCUT2D eigenvalue weighted by Crippen LogP contribution is 2.18. The van der Waals surface area contributed by atoms with E-state index in [0.29, 0.717) is 12.5 Å². The number of carbonyl (C=O) groups is 1. The first kappa shape index (κ1) is 13.5. The molecule has 0 heterocycles. The monoisotopic (exact) mass is 249 g/mol. The van der Waals surface area contributed by atoms with Crippen molar-refractivity contribution < 1.29 is 22.4 Å². The molecule has 1 aromatic rings. The van der Waals surface area contributed by atoms with E-state index < -0.39 is 34.7 Å². The van der Waals surface area contributed by atoms with Crippen LogP contribution in [0.1, 0.15) is 30.1 Å². The van der Waals surface area contributed by atoms with Gasteiger partial charge in [0.15, 0.2) is 23.3 Å². The lowest BCUT2D eigenvalue weighted by Crippen LogP contribution is -2.26. The summed E-state index contributed by atoms with van der Waals surface area (Å²) in [5.41, 5.74) is -0.836. The fourth-order valence-electron chi connectivity index (χ4n) is 1.21. The van der Waals surface area contributed by atoms with Gasteiger partial charge in [0.1, 0.15) is 0 Å². The van der Waals surface area contributed by atoms with E-state index in [1.54, 1.807) is 0 Å². The van der Waals surface area contributed by atoms with Gasteiger partial charge < -0.3 is 5.32 Å². The molecule has 0 aliphatic carbocycles. The molecule has 0 aliphatic rings. The lowest BCUT2D eigenvalue weighted by Gasteiger charge is -2.06. The average Bonchev–Trinajstić information content (AvgIpc) is 2.31. The van der Waals surface area contributed by atoms with Gasteiger partial charge in [-0.2, -0.15) is 0 Å². The molecule has 94 valence electrons. The van der Waals surface area contributed by atoms with Gasteiger partial charge in [0, 0.05) is 6.54 Å². The Hall–Kier alpha value is -1.59. The van der Waals surface area contributed by atoms with Crippen molar-refractivity contribution in [3.63, 3.8) is 0 Å². The molecule has 0 unspecified atom stereocenters. The van der Waals surface area contributed by atoms with Gasteiger partial charge in [0.05, 0.1) is 5.56 Å². The fourth-order valence-corrected chi connectivity index (χ4v) is 1.21. The van der Waals surface area contributed by atoms with Gasteiger partial charge in [-0.15, -0.1) is 0 Å². The predicted molar refractivity (Wildman–Crippen MR) is 53.5 cm³/mol. The first-order valence-corrected chi connectivity index (χ1v) is 5.10. The zero-order valence-corrected chi connectivity index (χ0v) is 9.12. The van der Waals surface area contributed by atoms with Gasteiger partial charge in [0.2, 0.25) is 0 Å². The number of nitrogens with one attached hydrogen (secondary N) is 1. The molecule has 6 heteroatoms. The van der Waals surface area contributed by atoms with E-state index in [0.717, 1.165) is 6.42 Å². The van der Waals surface area contributed by atoms with Crippen molar-refractivity contribution in [3.8, 4) is 0 Å². The van der Waals surface area contributed by atoms with Crippen LogP contribution in [0.15, 0.2) is 6.07 Å². The maximum Gasteiger partial charge on any atom is 0.254 e. The maximum atomic E-state index is 13.2. The second kappa shape index (κ2) is 5.65. The highest BCUT2D eigenvalue weighted by molar-refractivity contribution is 5.94. The van der Waals surface area contributed by atoms with Crippen LogP contribution in [0.4, 0.5) is 17.6 Å². The highest BCUT2D eigenvalue weighted by atomic mass is 19.2. The molecule has 2 nitrogen and oxygen atoms in total. The van der Waals surface area contributed by atoms with E-state index in [9.17, 15) is 22.4 Å². The summed E-state index contributed by atoms with van der Waals surface area (Å²) < 4.78 is 51.4. The minimum Gasteiger partial charge on any atom is -0.352 e. The first-order chi connectivity index (χ1) is 7.99. The number of carbonyl (C=O) groups excluding carboxylic acids is 1. The molecule has 17 heavy (non-hydrogen) atoms. The van der Waals surface area contributed by atoms with Crippen LogP contribution in [-0.4, -0.2) is 12.5 Å². The second-order valence-corrected chi connectivity index (χ2v) is 3.46. The Balaban J connectivity index is 2.94. The Bertz CT molecular complexity index is 434. The minimum absolute atomic E-state index is 0.259. The topological polar surface area (TPSA) is 29.1 Å². The molecular formula is C11H11F4NO. The largest absolute Gasteiger partial charge is 0.352 e. The third-order valence-corrected chi connectivity index (χ3v) is 2.16. The predicted octanol–water partition coefficient (Wildman–Crippen LogP) is 2.77. The van der Waals surface area contributed by atoms with Crippen molar-refractivity contribution in [1.29, 1.82) is 0 Å². The molecule has 0 radical (unpaired) electrons. The number of halogens is 4. The summed E-state index contributed by atoms with van der Waals surface area (Å²) >= 11 is 0. The van der Waals surface area contributed by atoms with Gasteiger partial charge in [-0.05, 0) is 12.5 Å². The number of hydrogen-bond donors (Lipinski definition) is 1. The molecule has 1 N–H and O–H groups in total. The van der Waals surface area contributed by atoms with Crippen LogP contribution in [0.3, 0.4) is 0 Å². The van der Waals surface area contributed by atoms with Crippen LogP contribution in [0, 0.1) is 23.3 Å². The standard InChI is InChI=1S/C11H11F4NO/c1-2-3-4-16-11(17)6-5-7(12)9(14)10(15)8(6)13/h5H,2-4H2,1H3,(H,16,17). The van der Waals surface area contributed by atoms with Crippen LogP contribution < -0.4 is 5.32 Å². The Morgan fingerprint density at radius 2 is 1.82 bits per heavy atom. The summed E-state index contributed by atoms with van der Waals surface area (Å²) in [6, 6.07) is 0.342. The summed E-state index contributed by atoms with van der Waals surface area (Å²) in [6.07, 6.45) is 1.45. The molecular weight excluding hydrogens is 238 g/mol. The Morgan fingerprint density at radius 1 is 1.18 bits per heavy atom. The molecule has 1 aromatic carbocycles. The summed E-state index contributed by atoms with van der Waals surface area (Å²) in [5, 5.41) is 2.28.